The van der Waals surface area contributed by atoms with Crippen LogP contribution >= 0.6 is 0 Å². The highest BCUT2D eigenvalue weighted by Crippen LogP contribution is 2.28. The zero-order valence-corrected chi connectivity index (χ0v) is 16.3. The van der Waals surface area contributed by atoms with Gasteiger partial charge in [-0.2, -0.15) is 4.98 Å². The lowest BCUT2D eigenvalue weighted by molar-refractivity contribution is 0.244. The minimum Gasteiger partial charge on any atom is -0.489 e. The Morgan fingerprint density at radius 1 is 0.963 bits per heavy atom. The maximum Gasteiger partial charge on any atom is 0.225 e. The summed E-state index contributed by atoms with van der Waals surface area (Å²) in [5, 5.41) is 6.65. The third kappa shape index (κ3) is 5.45. The summed E-state index contributed by atoms with van der Waals surface area (Å²) in [6.45, 7) is 8.74. The van der Waals surface area contributed by atoms with Gasteiger partial charge in [-0.1, -0.05) is 42.0 Å². The maximum atomic E-state index is 5.87. The zero-order chi connectivity index (χ0) is 19.2. The van der Waals surface area contributed by atoms with Gasteiger partial charge in [-0.15, -0.1) is 0 Å². The van der Waals surface area contributed by atoms with Gasteiger partial charge in [0, 0.05) is 18.3 Å². The van der Waals surface area contributed by atoms with Gasteiger partial charge in [-0.05, 0) is 45.4 Å². The predicted molar refractivity (Wildman–Crippen MR) is 111 cm³/mol. The summed E-state index contributed by atoms with van der Waals surface area (Å²) in [7, 11) is 0. The van der Waals surface area contributed by atoms with Crippen LogP contribution in [0.25, 0.3) is 0 Å². The highest BCUT2D eigenvalue weighted by atomic mass is 16.5. The number of benzene rings is 2. The van der Waals surface area contributed by atoms with Crippen molar-refractivity contribution < 1.29 is 4.74 Å². The van der Waals surface area contributed by atoms with E-state index in [9.17, 15) is 0 Å². The number of hydrogen-bond acceptors (Lipinski definition) is 5. The molecule has 5 nitrogen and oxygen atoms in total. The van der Waals surface area contributed by atoms with Gasteiger partial charge >= 0.3 is 0 Å². The Labute approximate surface area is 160 Å². The van der Waals surface area contributed by atoms with Crippen LogP contribution in [0.15, 0.2) is 54.6 Å². The average Bonchev–Trinajstić information content (AvgIpc) is 2.62. The SMILES string of the molecule is Cc1ccc(CNc2nc(C)cc(Nc3ccccc3OC(C)C)n2)cc1. The molecule has 0 bridgehead atoms. The molecule has 1 heterocycles. The molecule has 0 fully saturated rings. The molecular weight excluding hydrogens is 336 g/mol. The van der Waals surface area contributed by atoms with Gasteiger partial charge < -0.3 is 15.4 Å². The van der Waals surface area contributed by atoms with Crippen LogP contribution < -0.4 is 15.4 Å². The molecule has 0 spiro atoms. The summed E-state index contributed by atoms with van der Waals surface area (Å²) in [6.07, 6.45) is 0.104. The lowest BCUT2D eigenvalue weighted by atomic mass is 10.1. The third-order valence-electron chi connectivity index (χ3n) is 3.94. The van der Waals surface area contributed by atoms with E-state index in [0.29, 0.717) is 12.5 Å². The van der Waals surface area contributed by atoms with Crippen LogP contribution in [0, 0.1) is 13.8 Å². The Morgan fingerprint density at radius 3 is 2.44 bits per heavy atom. The highest BCUT2D eigenvalue weighted by Gasteiger charge is 2.08. The fourth-order valence-corrected chi connectivity index (χ4v) is 2.66. The number of aryl methyl sites for hydroxylation is 2. The third-order valence-corrected chi connectivity index (χ3v) is 3.94. The van der Waals surface area contributed by atoms with Crippen molar-refractivity contribution >= 4 is 17.5 Å². The summed E-state index contributed by atoms with van der Waals surface area (Å²) >= 11 is 0. The number of nitrogens with one attached hydrogen (secondary N) is 2. The summed E-state index contributed by atoms with van der Waals surface area (Å²) in [5.41, 5.74) is 4.21. The Hall–Kier alpha value is -3.08. The summed E-state index contributed by atoms with van der Waals surface area (Å²) in [4.78, 5) is 9.08. The van der Waals surface area contributed by atoms with Crippen LogP contribution in [0.5, 0.6) is 5.75 Å². The largest absolute Gasteiger partial charge is 0.489 e. The second kappa shape index (κ2) is 8.54. The van der Waals surface area contributed by atoms with E-state index < -0.39 is 0 Å². The second-order valence-corrected chi connectivity index (χ2v) is 6.85. The average molecular weight is 362 g/mol. The summed E-state index contributed by atoms with van der Waals surface area (Å²) in [5.74, 6) is 2.13. The van der Waals surface area contributed by atoms with Crippen molar-refractivity contribution in [3.8, 4) is 5.75 Å². The Balaban J connectivity index is 1.74. The van der Waals surface area contributed by atoms with Crippen LogP contribution in [-0.2, 0) is 6.54 Å². The van der Waals surface area contributed by atoms with E-state index in [1.807, 2.05) is 51.1 Å². The predicted octanol–water partition coefficient (Wildman–Crippen LogP) is 5.24. The van der Waals surface area contributed by atoms with E-state index in [4.69, 9.17) is 4.74 Å². The van der Waals surface area contributed by atoms with Crippen LogP contribution in [-0.4, -0.2) is 16.1 Å². The second-order valence-electron chi connectivity index (χ2n) is 6.85. The van der Waals surface area contributed by atoms with E-state index >= 15 is 0 Å². The molecule has 2 aromatic carbocycles. The molecule has 1 aromatic heterocycles. The maximum absolute atomic E-state index is 5.87. The van der Waals surface area contributed by atoms with E-state index in [-0.39, 0.29) is 6.10 Å². The van der Waals surface area contributed by atoms with Crippen molar-refractivity contribution in [2.75, 3.05) is 10.6 Å². The van der Waals surface area contributed by atoms with E-state index in [1.165, 1.54) is 11.1 Å². The normalized spacial score (nSPS) is 10.7. The molecule has 0 saturated carbocycles. The van der Waals surface area contributed by atoms with Crippen LogP contribution in [0.4, 0.5) is 17.5 Å². The monoisotopic (exact) mass is 362 g/mol. The van der Waals surface area contributed by atoms with Gasteiger partial charge in [0.15, 0.2) is 0 Å². The van der Waals surface area contributed by atoms with E-state index in [0.717, 1.165) is 22.9 Å². The summed E-state index contributed by atoms with van der Waals surface area (Å²) in [6, 6.07) is 18.2. The number of aromatic nitrogens is 2. The molecule has 3 aromatic rings. The van der Waals surface area contributed by atoms with Crippen molar-refractivity contribution in [1.29, 1.82) is 0 Å². The first-order chi connectivity index (χ1) is 13.0. The van der Waals surface area contributed by atoms with Crippen LogP contribution in [0.3, 0.4) is 0 Å². The first-order valence-electron chi connectivity index (χ1n) is 9.17. The highest BCUT2D eigenvalue weighted by molar-refractivity contribution is 5.64. The molecule has 0 atom stereocenters. The van der Waals surface area contributed by atoms with Gasteiger partial charge in [-0.25, -0.2) is 4.98 Å². The molecule has 0 aliphatic heterocycles. The molecule has 27 heavy (non-hydrogen) atoms. The van der Waals surface area contributed by atoms with Gasteiger partial charge in [0.2, 0.25) is 5.95 Å². The minimum absolute atomic E-state index is 0.104. The lowest BCUT2D eigenvalue weighted by Gasteiger charge is -2.15. The molecular formula is C22H26N4O. The van der Waals surface area contributed by atoms with Crippen molar-refractivity contribution in [1.82, 2.24) is 9.97 Å². The van der Waals surface area contributed by atoms with Gasteiger partial charge in [0.1, 0.15) is 11.6 Å². The molecule has 0 unspecified atom stereocenters. The van der Waals surface area contributed by atoms with Gasteiger partial charge in [0.25, 0.3) is 0 Å². The first kappa shape index (κ1) is 18.7. The molecule has 0 aliphatic carbocycles. The minimum atomic E-state index is 0.104. The Kier molecular flexibility index (Phi) is 5.91. The van der Waals surface area contributed by atoms with Crippen LogP contribution in [0.1, 0.15) is 30.7 Å². The summed E-state index contributed by atoms with van der Waals surface area (Å²) < 4.78 is 5.87. The van der Waals surface area contributed by atoms with Crippen molar-refractivity contribution in [2.45, 2.75) is 40.3 Å². The molecule has 2 N–H and O–H groups in total. The fraction of sp³-hybridized carbons (Fsp3) is 0.273. The molecule has 3 rings (SSSR count). The van der Waals surface area contributed by atoms with Gasteiger partial charge in [0.05, 0.1) is 11.8 Å². The fourth-order valence-electron chi connectivity index (χ4n) is 2.66. The lowest BCUT2D eigenvalue weighted by Crippen LogP contribution is -2.09. The van der Waals surface area contributed by atoms with Crippen molar-refractivity contribution in [3.05, 3.63) is 71.4 Å². The van der Waals surface area contributed by atoms with Gasteiger partial charge in [-0.3, -0.25) is 0 Å². The number of anilines is 3. The van der Waals surface area contributed by atoms with Crippen LogP contribution in [0.2, 0.25) is 0 Å². The molecule has 5 heteroatoms. The number of rotatable bonds is 7. The van der Waals surface area contributed by atoms with E-state index in [2.05, 4.69) is 51.8 Å². The number of para-hydroxylation sites is 2. The number of nitrogens with zero attached hydrogens (tertiary/aromatic N) is 2. The molecule has 0 radical (unpaired) electrons. The quantitative estimate of drug-likeness (QED) is 0.602. The Morgan fingerprint density at radius 2 is 1.70 bits per heavy atom. The Bertz CT molecular complexity index is 891. The van der Waals surface area contributed by atoms with Crippen molar-refractivity contribution in [3.63, 3.8) is 0 Å². The topological polar surface area (TPSA) is 59.1 Å². The standard InChI is InChI=1S/C22H26N4O/c1-15(2)27-20-8-6-5-7-19(20)25-21-13-17(4)24-22(26-21)23-14-18-11-9-16(3)10-12-18/h5-13,15H,14H2,1-4H3,(H2,23,24,25,26). The number of ether oxygens (including phenoxy) is 1. The van der Waals surface area contributed by atoms with E-state index in [1.54, 1.807) is 0 Å². The number of hydrogen-bond donors (Lipinski definition) is 2. The van der Waals surface area contributed by atoms with Crippen molar-refractivity contribution in [2.24, 2.45) is 0 Å². The molecule has 140 valence electrons. The first-order valence-corrected chi connectivity index (χ1v) is 9.17. The zero-order valence-electron chi connectivity index (χ0n) is 16.3. The smallest absolute Gasteiger partial charge is 0.225 e. The molecule has 0 saturated heterocycles. The molecule has 0 amide bonds. The molecule has 0 aliphatic rings.